The van der Waals surface area contributed by atoms with Crippen LogP contribution in [0.5, 0.6) is 0 Å². The van der Waals surface area contributed by atoms with Crippen LogP contribution < -0.4 is 5.32 Å². The van der Waals surface area contributed by atoms with Gasteiger partial charge >= 0.3 is 5.97 Å². The summed E-state index contributed by atoms with van der Waals surface area (Å²) in [4.78, 5) is 32.9. The van der Waals surface area contributed by atoms with Crippen LogP contribution in [-0.2, 0) is 22.4 Å². The topological polar surface area (TPSA) is 81.2 Å². The van der Waals surface area contributed by atoms with E-state index in [1.54, 1.807) is 30.6 Å². The highest BCUT2D eigenvalue weighted by Crippen LogP contribution is 2.24. The van der Waals surface area contributed by atoms with Crippen LogP contribution in [0.3, 0.4) is 0 Å². The summed E-state index contributed by atoms with van der Waals surface area (Å²) >= 11 is 0. The van der Waals surface area contributed by atoms with Crippen LogP contribution >= 0.6 is 0 Å². The van der Waals surface area contributed by atoms with Crippen molar-refractivity contribution in [2.24, 2.45) is 0 Å². The summed E-state index contributed by atoms with van der Waals surface area (Å²) in [5.74, 6) is -0.890. The highest BCUT2D eigenvalue weighted by Gasteiger charge is 2.16. The van der Waals surface area contributed by atoms with Gasteiger partial charge in [0, 0.05) is 12.4 Å². The number of carbonyl (C=O) groups excluding carboxylic acids is 2. The molecule has 0 radical (unpaired) electrons. The normalized spacial score (nSPS) is 14.1. The Balaban J connectivity index is 1.33. The van der Waals surface area contributed by atoms with E-state index in [0.717, 1.165) is 18.4 Å². The summed E-state index contributed by atoms with van der Waals surface area (Å²) in [7, 11) is 0. The Hall–Kier alpha value is -3.28. The van der Waals surface area contributed by atoms with Crippen molar-refractivity contribution in [3.8, 4) is 0 Å². The molecule has 1 aromatic heterocycles. The maximum absolute atomic E-state index is 12.3. The first kappa shape index (κ1) is 19.1. The molecule has 29 heavy (non-hydrogen) atoms. The van der Waals surface area contributed by atoms with Crippen LogP contribution in [0.1, 0.15) is 52.9 Å². The van der Waals surface area contributed by atoms with E-state index in [0.29, 0.717) is 16.6 Å². The van der Waals surface area contributed by atoms with Gasteiger partial charge in [-0.05, 0) is 67.5 Å². The molecule has 6 heteroatoms. The van der Waals surface area contributed by atoms with Crippen molar-refractivity contribution in [2.45, 2.75) is 38.6 Å². The van der Waals surface area contributed by atoms with Gasteiger partial charge in [-0.15, -0.1) is 0 Å². The molecule has 1 heterocycles. The van der Waals surface area contributed by atoms with E-state index in [2.05, 4.69) is 33.5 Å². The van der Waals surface area contributed by atoms with E-state index in [4.69, 9.17) is 4.74 Å². The van der Waals surface area contributed by atoms with Crippen molar-refractivity contribution in [2.75, 3.05) is 6.61 Å². The number of nitrogens with one attached hydrogen (secondary N) is 1. The van der Waals surface area contributed by atoms with Gasteiger partial charge in [-0.25, -0.2) is 4.79 Å². The number of amides is 1. The Labute approximate surface area is 169 Å². The fraction of sp³-hybridized carbons (Fsp3) is 0.304. The summed E-state index contributed by atoms with van der Waals surface area (Å²) in [6, 6.07) is 11.2. The molecule has 3 aromatic rings. The summed E-state index contributed by atoms with van der Waals surface area (Å²) in [6.45, 7) is 1.61. The Morgan fingerprint density at radius 1 is 1.00 bits per heavy atom. The lowest BCUT2D eigenvalue weighted by molar-refractivity contribution is -0.124. The van der Waals surface area contributed by atoms with Crippen LogP contribution in [0, 0.1) is 0 Å². The maximum atomic E-state index is 12.3. The molecule has 0 saturated carbocycles. The van der Waals surface area contributed by atoms with Gasteiger partial charge in [0.2, 0.25) is 0 Å². The van der Waals surface area contributed by atoms with Gasteiger partial charge in [-0.3, -0.25) is 14.8 Å². The second-order valence-corrected chi connectivity index (χ2v) is 7.36. The summed E-state index contributed by atoms with van der Waals surface area (Å²) in [5, 5.41) is 2.90. The molecule has 0 unspecified atom stereocenters. The SMILES string of the molecule is C[C@@H](NC(=O)COC(=O)c1ccc2nccnc2c1)c1ccc2c(c1)CCCC2. The highest BCUT2D eigenvalue weighted by atomic mass is 16.5. The number of fused-ring (bicyclic) bond motifs is 2. The lowest BCUT2D eigenvalue weighted by Crippen LogP contribution is -2.31. The molecular weight excluding hydrogens is 366 g/mol. The number of hydrogen-bond donors (Lipinski definition) is 1. The number of benzene rings is 2. The van der Waals surface area contributed by atoms with E-state index in [1.165, 1.54) is 24.0 Å². The van der Waals surface area contributed by atoms with E-state index in [1.807, 2.05) is 6.92 Å². The van der Waals surface area contributed by atoms with Gasteiger partial charge in [0.15, 0.2) is 6.61 Å². The average molecular weight is 389 g/mol. The van der Waals surface area contributed by atoms with E-state index in [-0.39, 0.29) is 18.6 Å². The van der Waals surface area contributed by atoms with Crippen molar-refractivity contribution in [1.82, 2.24) is 15.3 Å². The van der Waals surface area contributed by atoms with E-state index < -0.39 is 5.97 Å². The van der Waals surface area contributed by atoms with Crippen molar-refractivity contribution >= 4 is 22.9 Å². The summed E-state index contributed by atoms with van der Waals surface area (Å²) < 4.78 is 5.17. The quantitative estimate of drug-likeness (QED) is 0.675. The zero-order chi connectivity index (χ0) is 20.2. The first-order chi connectivity index (χ1) is 14.1. The number of nitrogens with zero attached hydrogens (tertiary/aromatic N) is 2. The molecule has 148 valence electrons. The van der Waals surface area contributed by atoms with Crippen LogP contribution in [0.4, 0.5) is 0 Å². The molecule has 0 bridgehead atoms. The van der Waals surface area contributed by atoms with Gasteiger partial charge in [0.1, 0.15) is 0 Å². The van der Waals surface area contributed by atoms with E-state index in [9.17, 15) is 9.59 Å². The van der Waals surface area contributed by atoms with Gasteiger partial charge in [0.25, 0.3) is 5.91 Å². The molecular formula is C23H23N3O3. The van der Waals surface area contributed by atoms with Crippen molar-refractivity contribution in [3.05, 3.63) is 71.0 Å². The van der Waals surface area contributed by atoms with Crippen molar-refractivity contribution in [1.29, 1.82) is 0 Å². The zero-order valence-corrected chi connectivity index (χ0v) is 16.4. The third-order valence-electron chi connectivity index (χ3n) is 5.29. The minimum Gasteiger partial charge on any atom is -0.452 e. The number of aryl methyl sites for hydroxylation is 2. The maximum Gasteiger partial charge on any atom is 0.338 e. The molecule has 1 atom stereocenters. The molecule has 1 amide bonds. The van der Waals surface area contributed by atoms with Gasteiger partial charge in [-0.1, -0.05) is 18.2 Å². The zero-order valence-electron chi connectivity index (χ0n) is 16.4. The largest absolute Gasteiger partial charge is 0.452 e. The van der Waals surface area contributed by atoms with Gasteiger partial charge in [-0.2, -0.15) is 0 Å². The molecule has 0 fully saturated rings. The third kappa shape index (κ3) is 4.42. The third-order valence-corrected chi connectivity index (χ3v) is 5.29. The van der Waals surface area contributed by atoms with Crippen molar-refractivity contribution in [3.63, 3.8) is 0 Å². The standard InChI is InChI=1S/C23H23N3O3/c1-15(17-7-6-16-4-2-3-5-18(16)12-17)26-22(27)14-29-23(28)19-8-9-20-21(13-19)25-11-10-24-20/h6-13,15H,2-5,14H2,1H3,(H,26,27)/t15-/m1/s1. The fourth-order valence-corrected chi connectivity index (χ4v) is 3.69. The molecule has 0 aliphatic heterocycles. The predicted octanol–water partition coefficient (Wildman–Crippen LogP) is 3.54. The van der Waals surface area contributed by atoms with E-state index >= 15 is 0 Å². The van der Waals surface area contributed by atoms with Crippen molar-refractivity contribution < 1.29 is 14.3 Å². The molecule has 4 rings (SSSR count). The molecule has 1 aliphatic carbocycles. The summed E-state index contributed by atoms with van der Waals surface area (Å²) in [6.07, 6.45) is 7.84. The Morgan fingerprint density at radius 3 is 2.59 bits per heavy atom. The Kier molecular flexibility index (Phi) is 5.51. The number of rotatable bonds is 5. The molecule has 1 N–H and O–H groups in total. The number of hydrogen-bond acceptors (Lipinski definition) is 5. The molecule has 1 aliphatic rings. The molecule has 0 spiro atoms. The Bertz CT molecular complexity index is 1060. The number of carbonyl (C=O) groups is 2. The second kappa shape index (κ2) is 8.39. The van der Waals surface area contributed by atoms with Crippen LogP contribution in [-0.4, -0.2) is 28.5 Å². The minimum absolute atomic E-state index is 0.149. The number of esters is 1. The van der Waals surface area contributed by atoms with Crippen LogP contribution in [0.2, 0.25) is 0 Å². The van der Waals surface area contributed by atoms with Gasteiger partial charge < -0.3 is 10.1 Å². The van der Waals surface area contributed by atoms with Gasteiger partial charge in [0.05, 0.1) is 22.6 Å². The minimum atomic E-state index is -0.561. The van der Waals surface area contributed by atoms with Crippen LogP contribution in [0.15, 0.2) is 48.8 Å². The fourth-order valence-electron chi connectivity index (χ4n) is 3.69. The lowest BCUT2D eigenvalue weighted by atomic mass is 9.89. The second-order valence-electron chi connectivity index (χ2n) is 7.36. The number of aromatic nitrogens is 2. The molecule has 6 nitrogen and oxygen atoms in total. The average Bonchev–Trinajstić information content (AvgIpc) is 2.76. The molecule has 2 aromatic carbocycles. The Morgan fingerprint density at radius 2 is 1.76 bits per heavy atom. The monoisotopic (exact) mass is 389 g/mol. The number of ether oxygens (including phenoxy) is 1. The summed E-state index contributed by atoms with van der Waals surface area (Å²) in [5.41, 5.74) is 5.49. The predicted molar refractivity (Wildman–Crippen MR) is 109 cm³/mol. The highest BCUT2D eigenvalue weighted by molar-refractivity contribution is 5.94. The molecule has 0 saturated heterocycles. The first-order valence-corrected chi connectivity index (χ1v) is 9.89. The van der Waals surface area contributed by atoms with Crippen LogP contribution in [0.25, 0.3) is 11.0 Å². The first-order valence-electron chi connectivity index (χ1n) is 9.89. The lowest BCUT2D eigenvalue weighted by Gasteiger charge is -2.20. The smallest absolute Gasteiger partial charge is 0.338 e.